The number of ether oxygens (including phenoxy) is 2. The van der Waals surface area contributed by atoms with E-state index in [2.05, 4.69) is 0 Å². The second-order valence-corrected chi connectivity index (χ2v) is 8.93. The zero-order valence-corrected chi connectivity index (χ0v) is 16.0. The predicted octanol–water partition coefficient (Wildman–Crippen LogP) is 2.27. The van der Waals surface area contributed by atoms with Crippen molar-refractivity contribution in [2.75, 3.05) is 39.9 Å². The molecule has 1 unspecified atom stereocenters. The standard InChI is InChI=1S/C18H27FN2O4S/c1-24-14-15-3-2-10-21(13-15)26(22,23)20-11-8-18(9-12-20)25-17-6-4-16(19)5-7-17/h4-7,15,18H,2-3,8-14H2,1H3. The third-order valence-corrected chi connectivity index (χ3v) is 7.06. The monoisotopic (exact) mass is 386 g/mol. The molecule has 1 aromatic rings. The number of nitrogens with zero attached hydrogens (tertiary/aromatic N) is 2. The molecule has 3 rings (SSSR count). The van der Waals surface area contributed by atoms with E-state index < -0.39 is 10.2 Å². The first-order chi connectivity index (χ1) is 12.5. The van der Waals surface area contributed by atoms with Crippen LogP contribution in [0.25, 0.3) is 0 Å². The lowest BCUT2D eigenvalue weighted by Crippen LogP contribution is -2.51. The van der Waals surface area contributed by atoms with Crippen LogP contribution in [0.1, 0.15) is 25.7 Å². The van der Waals surface area contributed by atoms with Crippen molar-refractivity contribution in [3.8, 4) is 5.75 Å². The third kappa shape index (κ3) is 4.73. The maximum atomic E-state index is 13.0. The van der Waals surface area contributed by atoms with Crippen LogP contribution in [0.4, 0.5) is 4.39 Å². The predicted molar refractivity (Wildman–Crippen MR) is 96.7 cm³/mol. The van der Waals surface area contributed by atoms with Gasteiger partial charge in [0.15, 0.2) is 0 Å². The summed E-state index contributed by atoms with van der Waals surface area (Å²) in [6, 6.07) is 5.92. The highest BCUT2D eigenvalue weighted by molar-refractivity contribution is 7.86. The summed E-state index contributed by atoms with van der Waals surface area (Å²) in [5.74, 6) is 0.584. The molecule has 6 nitrogen and oxygen atoms in total. The molecule has 146 valence electrons. The Morgan fingerprint density at radius 2 is 1.77 bits per heavy atom. The zero-order chi connectivity index (χ0) is 18.6. The topological polar surface area (TPSA) is 59.1 Å². The van der Waals surface area contributed by atoms with Crippen LogP contribution in [0.5, 0.6) is 5.75 Å². The number of hydrogen-bond donors (Lipinski definition) is 0. The molecule has 0 aromatic heterocycles. The molecule has 1 aromatic carbocycles. The van der Waals surface area contributed by atoms with Gasteiger partial charge in [0.05, 0.1) is 6.61 Å². The van der Waals surface area contributed by atoms with Crippen molar-refractivity contribution in [2.24, 2.45) is 5.92 Å². The Morgan fingerprint density at radius 1 is 1.08 bits per heavy atom. The first-order valence-corrected chi connectivity index (χ1v) is 10.5. The second-order valence-electron chi connectivity index (χ2n) is 7.00. The van der Waals surface area contributed by atoms with Crippen LogP contribution in [0.15, 0.2) is 24.3 Å². The lowest BCUT2D eigenvalue weighted by molar-refractivity contribution is 0.110. The van der Waals surface area contributed by atoms with Gasteiger partial charge in [0, 0.05) is 33.3 Å². The Morgan fingerprint density at radius 3 is 2.42 bits per heavy atom. The van der Waals surface area contributed by atoms with E-state index in [1.54, 1.807) is 27.9 Å². The van der Waals surface area contributed by atoms with Crippen molar-refractivity contribution < 1.29 is 22.3 Å². The number of piperidine rings is 2. The number of rotatable bonds is 6. The van der Waals surface area contributed by atoms with E-state index in [-0.39, 0.29) is 17.8 Å². The normalized spacial score (nSPS) is 23.8. The summed E-state index contributed by atoms with van der Waals surface area (Å²) in [4.78, 5) is 0. The van der Waals surface area contributed by atoms with E-state index in [0.29, 0.717) is 51.4 Å². The van der Waals surface area contributed by atoms with Crippen LogP contribution in [-0.4, -0.2) is 63.0 Å². The van der Waals surface area contributed by atoms with E-state index in [4.69, 9.17) is 9.47 Å². The summed E-state index contributed by atoms with van der Waals surface area (Å²) >= 11 is 0. The first-order valence-electron chi connectivity index (χ1n) is 9.15. The molecule has 2 fully saturated rings. The number of benzene rings is 1. The molecular formula is C18H27FN2O4S. The van der Waals surface area contributed by atoms with Crippen LogP contribution in [0, 0.1) is 11.7 Å². The average molecular weight is 386 g/mol. The molecule has 2 heterocycles. The molecule has 2 aliphatic heterocycles. The minimum absolute atomic E-state index is 0.0468. The summed E-state index contributed by atoms with van der Waals surface area (Å²) in [5.41, 5.74) is 0. The third-order valence-electron chi connectivity index (χ3n) is 5.05. The molecule has 1 atom stereocenters. The summed E-state index contributed by atoms with van der Waals surface area (Å²) in [6.45, 7) is 2.59. The SMILES string of the molecule is COCC1CCCN(S(=O)(=O)N2CCC(Oc3ccc(F)cc3)CC2)C1. The Labute approximate surface area is 155 Å². The molecule has 26 heavy (non-hydrogen) atoms. The molecule has 2 saturated heterocycles. The average Bonchev–Trinajstić information content (AvgIpc) is 2.65. The van der Waals surface area contributed by atoms with Gasteiger partial charge in [0.2, 0.25) is 0 Å². The fourth-order valence-corrected chi connectivity index (χ4v) is 5.42. The van der Waals surface area contributed by atoms with Gasteiger partial charge < -0.3 is 9.47 Å². The van der Waals surface area contributed by atoms with Gasteiger partial charge in [0.1, 0.15) is 17.7 Å². The maximum absolute atomic E-state index is 13.0. The van der Waals surface area contributed by atoms with Gasteiger partial charge in [-0.15, -0.1) is 0 Å². The summed E-state index contributed by atoms with van der Waals surface area (Å²) in [7, 11) is -1.78. The van der Waals surface area contributed by atoms with Gasteiger partial charge in [-0.3, -0.25) is 0 Å². The molecule has 0 aliphatic carbocycles. The molecule has 2 aliphatic rings. The van der Waals surface area contributed by atoms with Gasteiger partial charge in [-0.05, 0) is 55.9 Å². The highest BCUT2D eigenvalue weighted by Gasteiger charge is 2.36. The Kier molecular flexibility index (Phi) is 6.50. The Bertz CT molecular complexity index is 673. The van der Waals surface area contributed by atoms with E-state index in [1.165, 1.54) is 12.1 Å². The van der Waals surface area contributed by atoms with Gasteiger partial charge in [0.25, 0.3) is 10.2 Å². The van der Waals surface area contributed by atoms with Crippen molar-refractivity contribution in [3.63, 3.8) is 0 Å². The molecule has 0 N–H and O–H groups in total. The van der Waals surface area contributed by atoms with Crippen LogP contribution >= 0.6 is 0 Å². The lowest BCUT2D eigenvalue weighted by atomic mass is 10.0. The van der Waals surface area contributed by atoms with Crippen LogP contribution in [-0.2, 0) is 14.9 Å². The summed E-state index contributed by atoms with van der Waals surface area (Å²) in [6.07, 6.45) is 3.09. The minimum atomic E-state index is -3.43. The number of halogens is 1. The van der Waals surface area contributed by atoms with Crippen LogP contribution in [0.3, 0.4) is 0 Å². The van der Waals surface area contributed by atoms with Crippen molar-refractivity contribution >= 4 is 10.2 Å². The maximum Gasteiger partial charge on any atom is 0.281 e. The fourth-order valence-electron chi connectivity index (χ4n) is 3.66. The van der Waals surface area contributed by atoms with Gasteiger partial charge >= 0.3 is 0 Å². The molecule has 0 spiro atoms. The highest BCUT2D eigenvalue weighted by Crippen LogP contribution is 2.25. The molecule has 0 amide bonds. The minimum Gasteiger partial charge on any atom is -0.490 e. The number of hydrogen-bond acceptors (Lipinski definition) is 4. The smallest absolute Gasteiger partial charge is 0.281 e. The number of methoxy groups -OCH3 is 1. The van der Waals surface area contributed by atoms with Crippen molar-refractivity contribution in [3.05, 3.63) is 30.1 Å². The van der Waals surface area contributed by atoms with Crippen molar-refractivity contribution in [2.45, 2.75) is 31.8 Å². The lowest BCUT2D eigenvalue weighted by Gasteiger charge is -2.38. The summed E-state index contributed by atoms with van der Waals surface area (Å²) in [5, 5.41) is 0. The van der Waals surface area contributed by atoms with E-state index >= 15 is 0 Å². The van der Waals surface area contributed by atoms with Crippen LogP contribution < -0.4 is 4.74 Å². The molecular weight excluding hydrogens is 359 g/mol. The van der Waals surface area contributed by atoms with E-state index in [9.17, 15) is 12.8 Å². The van der Waals surface area contributed by atoms with Crippen molar-refractivity contribution in [1.29, 1.82) is 0 Å². The Hall–Kier alpha value is -1.22. The molecule has 0 bridgehead atoms. The molecule has 0 saturated carbocycles. The molecule has 8 heteroatoms. The molecule has 0 radical (unpaired) electrons. The highest BCUT2D eigenvalue weighted by atomic mass is 32.2. The van der Waals surface area contributed by atoms with Gasteiger partial charge in [-0.2, -0.15) is 17.0 Å². The fraction of sp³-hybridized carbons (Fsp3) is 0.667. The second kappa shape index (κ2) is 8.65. The van der Waals surface area contributed by atoms with Gasteiger partial charge in [-0.1, -0.05) is 0 Å². The first kappa shape index (κ1) is 19.5. The van der Waals surface area contributed by atoms with Gasteiger partial charge in [-0.25, -0.2) is 4.39 Å². The largest absolute Gasteiger partial charge is 0.490 e. The summed E-state index contributed by atoms with van der Waals surface area (Å²) < 4.78 is 53.0. The quantitative estimate of drug-likeness (QED) is 0.753. The van der Waals surface area contributed by atoms with Crippen molar-refractivity contribution in [1.82, 2.24) is 8.61 Å². The zero-order valence-electron chi connectivity index (χ0n) is 15.1. The van der Waals surface area contributed by atoms with E-state index in [1.807, 2.05) is 0 Å². The Balaban J connectivity index is 1.54. The van der Waals surface area contributed by atoms with E-state index in [0.717, 1.165) is 12.8 Å². The van der Waals surface area contributed by atoms with Crippen LogP contribution in [0.2, 0.25) is 0 Å².